The Morgan fingerprint density at radius 3 is 2.50 bits per heavy atom. The molecule has 1 saturated heterocycles. The molecule has 1 N–H and O–H groups in total. The van der Waals surface area contributed by atoms with E-state index in [9.17, 15) is 9.59 Å². The highest BCUT2D eigenvalue weighted by Crippen LogP contribution is 2.40. The van der Waals surface area contributed by atoms with Crippen LogP contribution in [0.15, 0.2) is 42.5 Å². The zero-order chi connectivity index (χ0) is 23.3. The van der Waals surface area contributed by atoms with Crippen LogP contribution in [0, 0.1) is 18.8 Å². The minimum absolute atomic E-state index is 0.0272. The van der Waals surface area contributed by atoms with Gasteiger partial charge in [-0.3, -0.25) is 9.59 Å². The monoisotopic (exact) mass is 438 g/mol. The first kappa shape index (κ1) is 23.6. The van der Waals surface area contributed by atoms with Crippen LogP contribution in [0.1, 0.15) is 47.7 Å². The molecule has 2 aromatic rings. The van der Waals surface area contributed by atoms with E-state index in [0.29, 0.717) is 42.6 Å². The molecule has 32 heavy (non-hydrogen) atoms. The van der Waals surface area contributed by atoms with Crippen LogP contribution in [-0.2, 0) is 4.79 Å². The number of nitrogens with zero attached hydrogens (tertiary/aromatic N) is 1. The fourth-order valence-corrected chi connectivity index (χ4v) is 4.28. The standard InChI is InChI=1S/C26H34N2O4/c1-17(2)12-13-27-25(29)23-16-28(26(30)20-9-7-6-8-18(20)3)15-22(23)21-14-19(31-4)10-11-24(21)32-5/h6-11,14,17,22-23H,12-13,15-16H2,1-5H3,(H,27,29)/t22-,23+/m1/s1. The average Bonchev–Trinajstić information content (AvgIpc) is 3.23. The lowest BCUT2D eigenvalue weighted by Gasteiger charge is -2.21. The van der Waals surface area contributed by atoms with E-state index >= 15 is 0 Å². The zero-order valence-corrected chi connectivity index (χ0v) is 19.7. The molecule has 0 spiro atoms. The predicted molar refractivity (Wildman–Crippen MR) is 125 cm³/mol. The van der Waals surface area contributed by atoms with E-state index in [-0.39, 0.29) is 23.7 Å². The Labute approximate surface area is 190 Å². The number of benzene rings is 2. The Morgan fingerprint density at radius 2 is 1.84 bits per heavy atom. The Hall–Kier alpha value is -3.02. The zero-order valence-electron chi connectivity index (χ0n) is 19.7. The van der Waals surface area contributed by atoms with Gasteiger partial charge in [0.1, 0.15) is 11.5 Å². The lowest BCUT2D eigenvalue weighted by atomic mass is 9.87. The average molecular weight is 439 g/mol. The first-order valence-corrected chi connectivity index (χ1v) is 11.2. The van der Waals surface area contributed by atoms with Gasteiger partial charge < -0.3 is 19.7 Å². The molecular weight excluding hydrogens is 404 g/mol. The van der Waals surface area contributed by atoms with Gasteiger partial charge in [-0.2, -0.15) is 0 Å². The SMILES string of the molecule is COc1ccc(OC)c([C@H]2CN(C(=O)c3ccccc3C)C[C@@H]2C(=O)NCCC(C)C)c1. The summed E-state index contributed by atoms with van der Waals surface area (Å²) in [5.74, 6) is 1.27. The second-order valence-electron chi connectivity index (χ2n) is 8.82. The van der Waals surface area contributed by atoms with Gasteiger partial charge in [0.2, 0.25) is 5.91 Å². The molecule has 1 aliphatic rings. The van der Waals surface area contributed by atoms with Crippen LogP contribution in [-0.4, -0.2) is 50.6 Å². The highest BCUT2D eigenvalue weighted by molar-refractivity contribution is 5.96. The Balaban J connectivity index is 1.92. The van der Waals surface area contributed by atoms with Gasteiger partial charge in [0.15, 0.2) is 0 Å². The number of hydrogen-bond donors (Lipinski definition) is 1. The molecule has 1 heterocycles. The van der Waals surface area contributed by atoms with E-state index in [2.05, 4.69) is 19.2 Å². The molecule has 0 aliphatic carbocycles. The van der Waals surface area contributed by atoms with Crippen molar-refractivity contribution < 1.29 is 19.1 Å². The number of carbonyl (C=O) groups is 2. The maximum Gasteiger partial charge on any atom is 0.254 e. The van der Waals surface area contributed by atoms with Gasteiger partial charge in [0, 0.05) is 36.7 Å². The molecule has 6 nitrogen and oxygen atoms in total. The third kappa shape index (κ3) is 5.23. The van der Waals surface area contributed by atoms with Crippen molar-refractivity contribution in [3.8, 4) is 11.5 Å². The molecule has 6 heteroatoms. The van der Waals surface area contributed by atoms with E-state index in [1.54, 1.807) is 19.1 Å². The van der Waals surface area contributed by atoms with Crippen LogP contribution >= 0.6 is 0 Å². The van der Waals surface area contributed by atoms with E-state index in [1.165, 1.54) is 0 Å². The summed E-state index contributed by atoms with van der Waals surface area (Å²) < 4.78 is 11.0. The van der Waals surface area contributed by atoms with Crippen molar-refractivity contribution in [2.24, 2.45) is 11.8 Å². The highest BCUT2D eigenvalue weighted by atomic mass is 16.5. The summed E-state index contributed by atoms with van der Waals surface area (Å²) in [6.45, 7) is 7.63. The third-order valence-corrected chi connectivity index (χ3v) is 6.18. The fourth-order valence-electron chi connectivity index (χ4n) is 4.28. The summed E-state index contributed by atoms with van der Waals surface area (Å²) in [7, 11) is 3.23. The third-order valence-electron chi connectivity index (χ3n) is 6.18. The van der Waals surface area contributed by atoms with Crippen LogP contribution < -0.4 is 14.8 Å². The van der Waals surface area contributed by atoms with Crippen LogP contribution in [0.2, 0.25) is 0 Å². The lowest BCUT2D eigenvalue weighted by molar-refractivity contribution is -0.124. The summed E-state index contributed by atoms with van der Waals surface area (Å²) in [5, 5.41) is 3.08. The second-order valence-corrected chi connectivity index (χ2v) is 8.82. The van der Waals surface area contributed by atoms with Crippen molar-refractivity contribution in [2.75, 3.05) is 33.9 Å². The van der Waals surface area contributed by atoms with Gasteiger partial charge in [-0.25, -0.2) is 0 Å². The molecule has 1 aliphatic heterocycles. The van der Waals surface area contributed by atoms with Gasteiger partial charge in [0.05, 0.1) is 20.1 Å². The molecular formula is C26H34N2O4. The lowest BCUT2D eigenvalue weighted by Crippen LogP contribution is -2.36. The number of carbonyl (C=O) groups excluding carboxylic acids is 2. The molecule has 0 unspecified atom stereocenters. The molecule has 0 radical (unpaired) electrons. The summed E-state index contributed by atoms with van der Waals surface area (Å²) >= 11 is 0. The molecule has 3 rings (SSSR count). The second kappa shape index (κ2) is 10.5. The summed E-state index contributed by atoms with van der Waals surface area (Å²) in [6.07, 6.45) is 0.914. The highest BCUT2D eigenvalue weighted by Gasteiger charge is 2.42. The van der Waals surface area contributed by atoms with Gasteiger partial charge in [-0.05, 0) is 49.1 Å². The minimum atomic E-state index is -0.365. The van der Waals surface area contributed by atoms with E-state index < -0.39 is 0 Å². The Bertz CT molecular complexity index is 957. The quantitative estimate of drug-likeness (QED) is 0.676. The van der Waals surface area contributed by atoms with E-state index in [0.717, 1.165) is 17.5 Å². The van der Waals surface area contributed by atoms with Crippen LogP contribution in [0.3, 0.4) is 0 Å². The van der Waals surface area contributed by atoms with Crippen molar-refractivity contribution >= 4 is 11.8 Å². The summed E-state index contributed by atoms with van der Waals surface area (Å²) in [6, 6.07) is 13.2. The topological polar surface area (TPSA) is 67.9 Å². The summed E-state index contributed by atoms with van der Waals surface area (Å²) in [5.41, 5.74) is 2.48. The smallest absolute Gasteiger partial charge is 0.254 e. The van der Waals surface area contributed by atoms with Crippen LogP contribution in [0.25, 0.3) is 0 Å². The molecule has 2 atom stereocenters. The number of hydrogen-bond acceptors (Lipinski definition) is 4. The number of nitrogens with one attached hydrogen (secondary N) is 1. The number of rotatable bonds is 8. The van der Waals surface area contributed by atoms with Crippen LogP contribution in [0.5, 0.6) is 11.5 Å². The largest absolute Gasteiger partial charge is 0.497 e. The first-order valence-electron chi connectivity index (χ1n) is 11.2. The molecule has 1 fully saturated rings. The predicted octanol–water partition coefficient (Wildman–Crippen LogP) is 4.03. The number of methoxy groups -OCH3 is 2. The van der Waals surface area contributed by atoms with Crippen molar-refractivity contribution in [2.45, 2.75) is 33.1 Å². The first-order chi connectivity index (χ1) is 15.3. The summed E-state index contributed by atoms with van der Waals surface area (Å²) in [4.78, 5) is 28.3. The fraction of sp³-hybridized carbons (Fsp3) is 0.462. The maximum atomic E-state index is 13.3. The molecule has 2 amide bonds. The van der Waals surface area contributed by atoms with Gasteiger partial charge in [0.25, 0.3) is 5.91 Å². The number of ether oxygens (including phenoxy) is 2. The van der Waals surface area contributed by atoms with Crippen molar-refractivity contribution in [1.29, 1.82) is 0 Å². The Kier molecular flexibility index (Phi) is 7.78. The Morgan fingerprint density at radius 1 is 1.09 bits per heavy atom. The van der Waals surface area contributed by atoms with Crippen molar-refractivity contribution in [1.82, 2.24) is 10.2 Å². The molecule has 0 aromatic heterocycles. The van der Waals surface area contributed by atoms with E-state index in [1.807, 2.05) is 49.4 Å². The van der Waals surface area contributed by atoms with Crippen LogP contribution in [0.4, 0.5) is 0 Å². The number of amides is 2. The maximum absolute atomic E-state index is 13.3. The molecule has 2 aromatic carbocycles. The van der Waals surface area contributed by atoms with Gasteiger partial charge in [-0.15, -0.1) is 0 Å². The normalized spacial score (nSPS) is 18.0. The molecule has 172 valence electrons. The minimum Gasteiger partial charge on any atom is -0.497 e. The van der Waals surface area contributed by atoms with Crippen molar-refractivity contribution in [3.63, 3.8) is 0 Å². The van der Waals surface area contributed by atoms with E-state index in [4.69, 9.17) is 9.47 Å². The van der Waals surface area contributed by atoms with Gasteiger partial charge >= 0.3 is 0 Å². The van der Waals surface area contributed by atoms with Crippen molar-refractivity contribution in [3.05, 3.63) is 59.2 Å². The number of aryl methyl sites for hydroxylation is 1. The van der Waals surface area contributed by atoms with Gasteiger partial charge in [-0.1, -0.05) is 32.0 Å². The molecule has 0 bridgehead atoms. The number of likely N-dealkylation sites (tertiary alicyclic amines) is 1. The molecule has 0 saturated carbocycles.